The van der Waals surface area contributed by atoms with Gasteiger partial charge in [0.25, 0.3) is 0 Å². The number of hydrogen-bond donors (Lipinski definition) is 1. The Labute approximate surface area is 102 Å². The van der Waals surface area contributed by atoms with Gasteiger partial charge in [0.1, 0.15) is 0 Å². The van der Waals surface area contributed by atoms with Gasteiger partial charge in [0.15, 0.2) is 0 Å². The van der Waals surface area contributed by atoms with Gasteiger partial charge < -0.3 is 0 Å². The van der Waals surface area contributed by atoms with E-state index in [9.17, 15) is 8.42 Å². The molecule has 0 saturated heterocycles. The van der Waals surface area contributed by atoms with Crippen molar-refractivity contribution in [3.05, 3.63) is 0 Å². The first-order chi connectivity index (χ1) is 7.68. The molecule has 0 amide bonds. The van der Waals surface area contributed by atoms with Crippen molar-refractivity contribution in [1.82, 2.24) is 4.31 Å². The highest BCUT2D eigenvalue weighted by molar-refractivity contribution is 7.69. The molecule has 0 atom stereocenters. The van der Waals surface area contributed by atoms with Gasteiger partial charge in [-0.1, -0.05) is 58.3 Å². The molecule has 0 rings (SSSR count). The van der Waals surface area contributed by atoms with Gasteiger partial charge in [-0.05, 0) is 6.42 Å². The normalized spacial score (nSPS) is 11.5. The molecule has 0 aromatic rings. The van der Waals surface area contributed by atoms with E-state index in [-0.39, 0.29) is 0 Å². The lowest BCUT2D eigenvalue weighted by Gasteiger charge is -2.07. The summed E-state index contributed by atoms with van der Waals surface area (Å²) in [4.78, 5) is 0. The molecular weight excluding hydrogens is 222 g/mol. The number of unbranched alkanes of at least 4 members (excludes halogenated alkanes) is 8. The maximum atomic E-state index is 10.5. The van der Waals surface area contributed by atoms with Gasteiger partial charge in [-0.15, -0.1) is 0 Å². The zero-order chi connectivity index (χ0) is 12.2. The maximum absolute atomic E-state index is 10.5. The first-order valence-corrected chi connectivity index (χ1v) is 7.67. The largest absolute Gasteiger partial charge is 0.215 e. The minimum Gasteiger partial charge on any atom is -0.215 e. The minimum atomic E-state index is -2.36. The molecule has 0 aromatic heterocycles. The summed E-state index contributed by atoms with van der Waals surface area (Å²) < 4.78 is 22.5. The van der Waals surface area contributed by atoms with E-state index in [2.05, 4.69) is 6.92 Å². The van der Waals surface area contributed by atoms with Crippen LogP contribution in [0.15, 0.2) is 0 Å². The van der Waals surface area contributed by atoms with Crippen LogP contribution in [0, 0.1) is 0 Å². The van der Waals surface area contributed by atoms with Crippen LogP contribution in [0.3, 0.4) is 0 Å². The summed E-state index contributed by atoms with van der Waals surface area (Å²) in [5.74, 6) is 0. The smallest absolute Gasteiger partial charge is 0.203 e. The standard InChI is InChI=1S/C12H27NO2S/c1-3-4-5-6-7-8-9-10-11-12-13(2)16(14)15/h16H,3-12H2,1-2H3. The Morgan fingerprint density at radius 3 is 1.69 bits per heavy atom. The lowest BCUT2D eigenvalue weighted by molar-refractivity contribution is 0.462. The van der Waals surface area contributed by atoms with Gasteiger partial charge in [0, 0.05) is 13.6 Å². The first kappa shape index (κ1) is 15.9. The molecule has 0 radical (unpaired) electrons. The van der Waals surface area contributed by atoms with Crippen LogP contribution in [-0.4, -0.2) is 26.3 Å². The molecule has 0 aliphatic carbocycles. The van der Waals surface area contributed by atoms with E-state index in [0.717, 1.165) is 12.8 Å². The Balaban J connectivity index is 3.10. The predicted octanol–water partition coefficient (Wildman–Crippen LogP) is 2.98. The van der Waals surface area contributed by atoms with E-state index in [1.54, 1.807) is 7.05 Å². The van der Waals surface area contributed by atoms with E-state index in [4.69, 9.17) is 0 Å². The quantitative estimate of drug-likeness (QED) is 0.451. The Morgan fingerprint density at radius 2 is 1.25 bits per heavy atom. The Bertz CT molecular complexity index is 209. The summed E-state index contributed by atoms with van der Waals surface area (Å²) in [6, 6.07) is 0. The van der Waals surface area contributed by atoms with E-state index < -0.39 is 10.9 Å². The fourth-order valence-electron chi connectivity index (χ4n) is 1.73. The van der Waals surface area contributed by atoms with Crippen LogP contribution in [0.2, 0.25) is 0 Å². The van der Waals surface area contributed by atoms with Crippen LogP contribution in [0.25, 0.3) is 0 Å². The summed E-state index contributed by atoms with van der Waals surface area (Å²) in [6.07, 6.45) is 11.4. The molecule has 0 spiro atoms. The first-order valence-electron chi connectivity index (χ1n) is 6.54. The van der Waals surface area contributed by atoms with Gasteiger partial charge in [-0.2, -0.15) is 0 Å². The second-order valence-corrected chi connectivity index (χ2v) is 5.61. The molecule has 4 heteroatoms. The van der Waals surface area contributed by atoms with Gasteiger partial charge in [-0.3, -0.25) is 0 Å². The molecule has 3 nitrogen and oxygen atoms in total. The minimum absolute atomic E-state index is 0.675. The molecule has 0 bridgehead atoms. The third kappa shape index (κ3) is 10.4. The zero-order valence-electron chi connectivity index (χ0n) is 10.8. The zero-order valence-corrected chi connectivity index (χ0v) is 11.7. The molecule has 0 aliphatic rings. The number of rotatable bonds is 11. The molecular formula is C12H27NO2S. The molecule has 0 N–H and O–H groups in total. The maximum Gasteiger partial charge on any atom is 0.203 e. The van der Waals surface area contributed by atoms with Crippen molar-refractivity contribution >= 4 is 10.9 Å². The summed E-state index contributed by atoms with van der Waals surface area (Å²) in [6.45, 7) is 2.91. The molecule has 16 heavy (non-hydrogen) atoms. The fourth-order valence-corrected chi connectivity index (χ4v) is 2.04. The molecule has 0 fully saturated rings. The lowest BCUT2D eigenvalue weighted by atomic mass is 10.1. The molecule has 98 valence electrons. The van der Waals surface area contributed by atoms with Gasteiger partial charge >= 0.3 is 0 Å². The average Bonchev–Trinajstić information content (AvgIpc) is 2.26. The van der Waals surface area contributed by atoms with Crippen molar-refractivity contribution in [2.75, 3.05) is 13.6 Å². The highest BCUT2D eigenvalue weighted by atomic mass is 32.2. The van der Waals surface area contributed by atoms with Crippen molar-refractivity contribution in [2.45, 2.75) is 64.7 Å². The second kappa shape index (κ2) is 11.4. The average molecular weight is 249 g/mol. The summed E-state index contributed by atoms with van der Waals surface area (Å²) >= 11 is 0. The van der Waals surface area contributed by atoms with Gasteiger partial charge in [-0.25, -0.2) is 12.7 Å². The van der Waals surface area contributed by atoms with Crippen LogP contribution >= 0.6 is 0 Å². The second-order valence-electron chi connectivity index (χ2n) is 4.45. The Hall–Kier alpha value is -0.0900. The van der Waals surface area contributed by atoms with Crippen molar-refractivity contribution in [3.8, 4) is 0 Å². The van der Waals surface area contributed by atoms with E-state index >= 15 is 0 Å². The monoisotopic (exact) mass is 249 g/mol. The predicted molar refractivity (Wildman–Crippen MR) is 70.2 cm³/mol. The highest BCUT2D eigenvalue weighted by Gasteiger charge is 1.98. The Kier molecular flexibility index (Phi) is 11.3. The van der Waals surface area contributed by atoms with Gasteiger partial charge in [0.05, 0.1) is 0 Å². The van der Waals surface area contributed by atoms with Crippen LogP contribution in [-0.2, 0) is 10.9 Å². The lowest BCUT2D eigenvalue weighted by Crippen LogP contribution is -2.17. The van der Waals surface area contributed by atoms with Crippen molar-refractivity contribution in [3.63, 3.8) is 0 Å². The summed E-state index contributed by atoms with van der Waals surface area (Å²) in [5.41, 5.74) is 0. The van der Waals surface area contributed by atoms with Crippen molar-refractivity contribution in [2.24, 2.45) is 0 Å². The third-order valence-corrected chi connectivity index (χ3v) is 3.62. The van der Waals surface area contributed by atoms with Crippen LogP contribution < -0.4 is 0 Å². The van der Waals surface area contributed by atoms with Crippen molar-refractivity contribution in [1.29, 1.82) is 0 Å². The summed E-state index contributed by atoms with van der Waals surface area (Å²) in [7, 11) is -0.728. The van der Waals surface area contributed by atoms with Crippen LogP contribution in [0.4, 0.5) is 0 Å². The highest BCUT2D eigenvalue weighted by Crippen LogP contribution is 2.09. The molecule has 0 aromatic carbocycles. The molecule has 0 saturated carbocycles. The molecule has 0 aliphatic heterocycles. The molecule has 0 heterocycles. The van der Waals surface area contributed by atoms with Crippen molar-refractivity contribution < 1.29 is 8.42 Å². The van der Waals surface area contributed by atoms with Gasteiger partial charge in [0.2, 0.25) is 10.9 Å². The third-order valence-electron chi connectivity index (χ3n) is 2.86. The van der Waals surface area contributed by atoms with E-state index in [0.29, 0.717) is 6.54 Å². The number of thiol groups is 1. The van der Waals surface area contributed by atoms with Crippen LogP contribution in [0.5, 0.6) is 0 Å². The SMILES string of the molecule is CCCCCCCCCCCN(C)[SH](=O)=O. The number of nitrogens with zero attached hydrogens (tertiary/aromatic N) is 1. The fraction of sp³-hybridized carbons (Fsp3) is 1.00. The molecule has 0 unspecified atom stereocenters. The summed E-state index contributed by atoms with van der Waals surface area (Å²) in [5, 5.41) is 0. The van der Waals surface area contributed by atoms with E-state index in [1.165, 1.54) is 49.3 Å². The topological polar surface area (TPSA) is 37.4 Å². The van der Waals surface area contributed by atoms with E-state index in [1.807, 2.05) is 0 Å². The number of hydrogen-bond acceptors (Lipinski definition) is 2. The Morgan fingerprint density at radius 1 is 0.812 bits per heavy atom. The van der Waals surface area contributed by atoms with Crippen LogP contribution in [0.1, 0.15) is 64.7 Å².